The second-order valence-corrected chi connectivity index (χ2v) is 6.88. The molecule has 0 bridgehead atoms. The summed E-state index contributed by atoms with van der Waals surface area (Å²) in [5.41, 5.74) is 9.12. The summed E-state index contributed by atoms with van der Waals surface area (Å²) in [6.45, 7) is 6.40. The van der Waals surface area contributed by atoms with E-state index in [0.29, 0.717) is 18.2 Å². The van der Waals surface area contributed by atoms with Gasteiger partial charge in [0.2, 0.25) is 11.8 Å². The smallest absolute Gasteiger partial charge is 0.245 e. The maximum Gasteiger partial charge on any atom is 0.245 e. The van der Waals surface area contributed by atoms with E-state index < -0.39 is 0 Å². The van der Waals surface area contributed by atoms with Crippen molar-refractivity contribution >= 4 is 11.8 Å². The number of hydrogen-bond donors (Lipinski definition) is 3. The van der Waals surface area contributed by atoms with Crippen LogP contribution in [0.3, 0.4) is 0 Å². The zero-order chi connectivity index (χ0) is 19.6. The molecular weight excluding hydrogens is 338 g/mol. The van der Waals surface area contributed by atoms with E-state index in [1.165, 1.54) is 6.08 Å². The highest BCUT2D eigenvalue weighted by Gasteiger charge is 2.05. The topological polar surface area (TPSA) is 70.2 Å². The van der Waals surface area contributed by atoms with Crippen LogP contribution in [-0.4, -0.2) is 18.4 Å². The SMILES string of the molecule is CC(=CC(=O)NCC(C)C)NNC(=O)Cc1ccc(-c2ccccc2)cc1. The van der Waals surface area contributed by atoms with E-state index in [9.17, 15) is 9.59 Å². The predicted octanol–water partition coefficient (Wildman–Crippen LogP) is 3.19. The molecule has 0 atom stereocenters. The Labute approximate surface area is 160 Å². The molecule has 2 rings (SSSR count). The molecule has 5 nitrogen and oxygen atoms in total. The fraction of sp³-hybridized carbons (Fsp3) is 0.273. The van der Waals surface area contributed by atoms with Gasteiger partial charge in [-0.25, -0.2) is 0 Å². The van der Waals surface area contributed by atoms with Gasteiger partial charge in [-0.2, -0.15) is 0 Å². The highest BCUT2D eigenvalue weighted by molar-refractivity contribution is 5.88. The van der Waals surface area contributed by atoms with E-state index in [0.717, 1.165) is 16.7 Å². The molecular formula is C22H27N3O2. The first-order chi connectivity index (χ1) is 12.9. The normalized spacial score (nSPS) is 11.2. The van der Waals surface area contributed by atoms with Gasteiger partial charge in [-0.1, -0.05) is 68.4 Å². The number of hydrazine groups is 1. The van der Waals surface area contributed by atoms with Gasteiger partial charge in [-0.15, -0.1) is 0 Å². The number of allylic oxidation sites excluding steroid dienone is 1. The summed E-state index contributed by atoms with van der Waals surface area (Å²) in [6.07, 6.45) is 1.69. The molecule has 2 aromatic carbocycles. The Kier molecular flexibility index (Phi) is 7.62. The van der Waals surface area contributed by atoms with Crippen molar-refractivity contribution in [2.45, 2.75) is 27.2 Å². The molecule has 27 heavy (non-hydrogen) atoms. The summed E-state index contributed by atoms with van der Waals surface area (Å²) in [4.78, 5) is 23.8. The van der Waals surface area contributed by atoms with Crippen LogP contribution in [0.5, 0.6) is 0 Å². The van der Waals surface area contributed by atoms with Crippen molar-refractivity contribution in [1.82, 2.24) is 16.2 Å². The van der Waals surface area contributed by atoms with Gasteiger partial charge < -0.3 is 10.7 Å². The van der Waals surface area contributed by atoms with Gasteiger partial charge in [0.05, 0.1) is 6.42 Å². The van der Waals surface area contributed by atoms with Crippen LogP contribution in [0.1, 0.15) is 26.3 Å². The van der Waals surface area contributed by atoms with E-state index in [1.807, 2.05) is 56.3 Å². The molecule has 0 fully saturated rings. The minimum atomic E-state index is -0.181. The highest BCUT2D eigenvalue weighted by Crippen LogP contribution is 2.19. The molecule has 0 aromatic heterocycles. The standard InChI is InChI=1S/C22H27N3O2/c1-16(2)15-23-21(26)13-17(3)24-25-22(27)14-18-9-11-20(12-10-18)19-7-5-4-6-8-19/h4-13,16,24H,14-15H2,1-3H3,(H,23,26)(H,25,27). The van der Waals surface area contributed by atoms with Crippen LogP contribution < -0.4 is 16.2 Å². The molecule has 0 heterocycles. The van der Waals surface area contributed by atoms with Crippen molar-refractivity contribution in [3.63, 3.8) is 0 Å². The molecule has 0 unspecified atom stereocenters. The molecule has 0 aliphatic rings. The fourth-order valence-electron chi connectivity index (χ4n) is 2.43. The zero-order valence-corrected chi connectivity index (χ0v) is 16.1. The van der Waals surface area contributed by atoms with Crippen LogP contribution in [0.15, 0.2) is 66.4 Å². The first kappa shape index (κ1) is 20.2. The van der Waals surface area contributed by atoms with E-state index >= 15 is 0 Å². The summed E-state index contributed by atoms with van der Waals surface area (Å²) in [5.74, 6) is 0.0425. The van der Waals surface area contributed by atoms with E-state index in [-0.39, 0.29) is 18.2 Å². The predicted molar refractivity (Wildman–Crippen MR) is 108 cm³/mol. The summed E-state index contributed by atoms with van der Waals surface area (Å²) < 4.78 is 0. The van der Waals surface area contributed by atoms with Gasteiger partial charge in [-0.05, 0) is 29.5 Å². The van der Waals surface area contributed by atoms with Crippen molar-refractivity contribution in [3.05, 3.63) is 71.9 Å². The molecule has 3 N–H and O–H groups in total. The van der Waals surface area contributed by atoms with E-state index in [2.05, 4.69) is 28.3 Å². The third-order valence-electron chi connectivity index (χ3n) is 3.86. The number of benzene rings is 2. The second kappa shape index (κ2) is 10.2. The first-order valence-corrected chi connectivity index (χ1v) is 9.09. The monoisotopic (exact) mass is 365 g/mol. The third-order valence-corrected chi connectivity index (χ3v) is 3.86. The zero-order valence-electron chi connectivity index (χ0n) is 16.1. The summed E-state index contributed by atoms with van der Waals surface area (Å²) in [7, 11) is 0. The van der Waals surface area contributed by atoms with E-state index in [4.69, 9.17) is 0 Å². The Balaban J connectivity index is 1.81. The lowest BCUT2D eigenvalue weighted by atomic mass is 10.0. The van der Waals surface area contributed by atoms with Gasteiger partial charge in [0.1, 0.15) is 0 Å². The number of rotatable bonds is 8. The number of nitrogens with one attached hydrogen (secondary N) is 3. The van der Waals surface area contributed by atoms with Crippen LogP contribution in [-0.2, 0) is 16.0 Å². The van der Waals surface area contributed by atoms with Gasteiger partial charge in [-0.3, -0.25) is 15.0 Å². The summed E-state index contributed by atoms with van der Waals surface area (Å²) in [5, 5.41) is 2.79. The molecule has 2 amide bonds. The molecule has 0 radical (unpaired) electrons. The summed E-state index contributed by atoms with van der Waals surface area (Å²) >= 11 is 0. The van der Waals surface area contributed by atoms with Gasteiger partial charge in [0.15, 0.2) is 0 Å². The highest BCUT2D eigenvalue weighted by atomic mass is 16.2. The third kappa shape index (κ3) is 7.36. The molecule has 2 aromatic rings. The average Bonchev–Trinajstić information content (AvgIpc) is 2.66. The van der Waals surface area contributed by atoms with Crippen LogP contribution in [0, 0.1) is 5.92 Å². The Morgan fingerprint density at radius 1 is 0.926 bits per heavy atom. The Hall–Kier alpha value is -3.08. The molecule has 0 saturated carbocycles. The van der Waals surface area contributed by atoms with Crippen molar-refractivity contribution in [2.24, 2.45) is 5.92 Å². The van der Waals surface area contributed by atoms with Crippen molar-refractivity contribution < 1.29 is 9.59 Å². The molecule has 0 aliphatic carbocycles. The number of hydrogen-bond acceptors (Lipinski definition) is 3. The largest absolute Gasteiger partial charge is 0.352 e. The summed E-state index contributed by atoms with van der Waals surface area (Å²) in [6, 6.07) is 18.0. The van der Waals surface area contributed by atoms with Crippen molar-refractivity contribution in [2.75, 3.05) is 6.54 Å². The number of carbonyl (C=O) groups is 2. The molecule has 0 spiro atoms. The molecule has 0 saturated heterocycles. The molecule has 5 heteroatoms. The van der Waals surface area contributed by atoms with Crippen molar-refractivity contribution in [1.29, 1.82) is 0 Å². The average molecular weight is 365 g/mol. The van der Waals surface area contributed by atoms with Gasteiger partial charge in [0, 0.05) is 18.3 Å². The number of carbonyl (C=O) groups excluding carboxylic acids is 2. The minimum Gasteiger partial charge on any atom is -0.352 e. The van der Waals surface area contributed by atoms with Crippen molar-refractivity contribution in [3.8, 4) is 11.1 Å². The first-order valence-electron chi connectivity index (χ1n) is 9.09. The molecule has 0 aliphatic heterocycles. The van der Waals surface area contributed by atoms with Gasteiger partial charge in [0.25, 0.3) is 0 Å². The minimum absolute atomic E-state index is 0.169. The van der Waals surface area contributed by atoms with Gasteiger partial charge >= 0.3 is 0 Å². The lowest BCUT2D eigenvalue weighted by Gasteiger charge is -2.10. The molecule has 142 valence electrons. The van der Waals surface area contributed by atoms with E-state index in [1.54, 1.807) is 6.92 Å². The maximum atomic E-state index is 12.1. The van der Waals surface area contributed by atoms with Crippen LogP contribution >= 0.6 is 0 Å². The Morgan fingerprint density at radius 2 is 1.56 bits per heavy atom. The lowest BCUT2D eigenvalue weighted by Crippen LogP contribution is -2.37. The Morgan fingerprint density at radius 3 is 2.19 bits per heavy atom. The van der Waals surface area contributed by atoms with Crippen LogP contribution in [0.2, 0.25) is 0 Å². The second-order valence-electron chi connectivity index (χ2n) is 6.88. The lowest BCUT2D eigenvalue weighted by molar-refractivity contribution is -0.121. The Bertz CT molecular complexity index is 781. The van der Waals surface area contributed by atoms with Crippen LogP contribution in [0.25, 0.3) is 11.1 Å². The quantitative estimate of drug-likeness (QED) is 0.497. The number of amides is 2. The fourth-order valence-corrected chi connectivity index (χ4v) is 2.43. The van der Waals surface area contributed by atoms with Crippen LogP contribution in [0.4, 0.5) is 0 Å². The maximum absolute atomic E-state index is 12.1.